The van der Waals surface area contributed by atoms with Gasteiger partial charge in [-0.1, -0.05) is 41.9 Å². The van der Waals surface area contributed by atoms with Gasteiger partial charge in [0.05, 0.1) is 16.4 Å². The first-order valence-corrected chi connectivity index (χ1v) is 6.33. The summed E-state index contributed by atoms with van der Waals surface area (Å²) in [7, 11) is 0. The van der Waals surface area contributed by atoms with Gasteiger partial charge in [0.25, 0.3) is 0 Å². The molecular formula is C15H17ClN2. The topological polar surface area (TPSA) is 38.0 Å². The maximum absolute atomic E-state index is 6.01. The number of aryl methyl sites for hydroxylation is 1. The fraction of sp³-hybridized carbons (Fsp3) is 0.200. The Hall–Kier alpha value is -1.67. The van der Waals surface area contributed by atoms with E-state index in [1.807, 2.05) is 24.3 Å². The van der Waals surface area contributed by atoms with E-state index in [1.165, 1.54) is 11.1 Å². The quantitative estimate of drug-likeness (QED) is 0.803. The minimum atomic E-state index is 0.187. The Morgan fingerprint density at radius 2 is 1.83 bits per heavy atom. The van der Waals surface area contributed by atoms with Crippen LogP contribution in [0.25, 0.3) is 0 Å². The minimum absolute atomic E-state index is 0.187. The van der Waals surface area contributed by atoms with Crippen molar-refractivity contribution in [2.45, 2.75) is 19.9 Å². The van der Waals surface area contributed by atoms with Gasteiger partial charge >= 0.3 is 0 Å². The van der Waals surface area contributed by atoms with Gasteiger partial charge in [-0.3, -0.25) is 0 Å². The van der Waals surface area contributed by atoms with Gasteiger partial charge < -0.3 is 11.1 Å². The first-order chi connectivity index (χ1) is 8.59. The van der Waals surface area contributed by atoms with Crippen LogP contribution in [0.1, 0.15) is 24.1 Å². The number of nitrogens with one attached hydrogen (secondary N) is 1. The average Bonchev–Trinajstić information content (AvgIpc) is 2.35. The van der Waals surface area contributed by atoms with E-state index < -0.39 is 0 Å². The lowest BCUT2D eigenvalue weighted by Gasteiger charge is -2.19. The molecule has 0 bridgehead atoms. The van der Waals surface area contributed by atoms with Crippen molar-refractivity contribution in [3.63, 3.8) is 0 Å². The number of rotatable bonds is 3. The molecule has 2 aromatic carbocycles. The molecule has 0 fully saturated rings. The second-order valence-corrected chi connectivity index (χ2v) is 4.83. The molecule has 0 aliphatic carbocycles. The molecule has 2 nitrogen and oxygen atoms in total. The Balaban J connectivity index is 2.24. The first kappa shape index (κ1) is 12.8. The fourth-order valence-electron chi connectivity index (χ4n) is 2.05. The van der Waals surface area contributed by atoms with Gasteiger partial charge in [0.2, 0.25) is 0 Å². The average molecular weight is 261 g/mol. The lowest BCUT2D eigenvalue weighted by Crippen LogP contribution is -2.09. The van der Waals surface area contributed by atoms with Crippen LogP contribution in [0.2, 0.25) is 5.02 Å². The number of nitrogens with two attached hydrogens (primary N) is 1. The van der Waals surface area contributed by atoms with Gasteiger partial charge in [0.15, 0.2) is 0 Å². The molecule has 0 spiro atoms. The molecule has 2 rings (SSSR count). The predicted octanol–water partition coefficient (Wildman–Crippen LogP) is 4.40. The van der Waals surface area contributed by atoms with E-state index in [0.717, 1.165) is 5.69 Å². The van der Waals surface area contributed by atoms with Gasteiger partial charge in [-0.15, -0.1) is 0 Å². The van der Waals surface area contributed by atoms with Crippen molar-refractivity contribution in [3.8, 4) is 0 Å². The summed E-state index contributed by atoms with van der Waals surface area (Å²) < 4.78 is 0. The Morgan fingerprint density at radius 1 is 1.11 bits per heavy atom. The van der Waals surface area contributed by atoms with Gasteiger partial charge in [-0.2, -0.15) is 0 Å². The molecule has 18 heavy (non-hydrogen) atoms. The van der Waals surface area contributed by atoms with Crippen LogP contribution in [0.4, 0.5) is 11.4 Å². The molecular weight excluding hydrogens is 244 g/mol. The van der Waals surface area contributed by atoms with Crippen LogP contribution in [0.5, 0.6) is 0 Å². The highest BCUT2D eigenvalue weighted by atomic mass is 35.5. The van der Waals surface area contributed by atoms with E-state index in [0.29, 0.717) is 10.7 Å². The van der Waals surface area contributed by atoms with Crippen LogP contribution in [0, 0.1) is 6.92 Å². The second-order valence-electron chi connectivity index (χ2n) is 4.42. The molecule has 0 radical (unpaired) electrons. The number of hydrogen-bond acceptors (Lipinski definition) is 2. The summed E-state index contributed by atoms with van der Waals surface area (Å²) in [5.74, 6) is 0. The normalized spacial score (nSPS) is 12.2. The van der Waals surface area contributed by atoms with Gasteiger partial charge in [-0.05, 0) is 37.1 Å². The van der Waals surface area contributed by atoms with E-state index in [-0.39, 0.29) is 6.04 Å². The molecule has 0 amide bonds. The van der Waals surface area contributed by atoms with E-state index in [2.05, 4.69) is 31.3 Å². The summed E-state index contributed by atoms with van der Waals surface area (Å²) in [5.41, 5.74) is 9.95. The van der Waals surface area contributed by atoms with Crippen molar-refractivity contribution in [2.24, 2.45) is 0 Å². The van der Waals surface area contributed by atoms with Crippen LogP contribution < -0.4 is 11.1 Å². The zero-order chi connectivity index (χ0) is 13.1. The molecule has 0 saturated heterocycles. The third kappa shape index (κ3) is 2.59. The molecule has 3 N–H and O–H groups in total. The number of hydrogen-bond donors (Lipinski definition) is 2. The Morgan fingerprint density at radius 3 is 2.56 bits per heavy atom. The summed E-state index contributed by atoms with van der Waals surface area (Å²) in [6.45, 7) is 4.22. The maximum Gasteiger partial charge on any atom is 0.0739 e. The number of anilines is 2. The highest BCUT2D eigenvalue weighted by molar-refractivity contribution is 6.33. The highest BCUT2D eigenvalue weighted by Gasteiger charge is 2.10. The molecule has 94 valence electrons. The van der Waals surface area contributed by atoms with Crippen molar-refractivity contribution in [1.82, 2.24) is 0 Å². The SMILES string of the molecule is Cc1ccccc1C(C)Nc1cccc(Cl)c1N. The smallest absolute Gasteiger partial charge is 0.0739 e. The molecule has 3 heteroatoms. The maximum atomic E-state index is 6.01. The Bertz CT molecular complexity index is 552. The van der Waals surface area contributed by atoms with Crippen LogP contribution in [-0.4, -0.2) is 0 Å². The van der Waals surface area contributed by atoms with E-state index in [4.69, 9.17) is 17.3 Å². The highest BCUT2D eigenvalue weighted by Crippen LogP contribution is 2.30. The van der Waals surface area contributed by atoms with Crippen molar-refractivity contribution in [3.05, 3.63) is 58.6 Å². The van der Waals surface area contributed by atoms with Crippen molar-refractivity contribution < 1.29 is 0 Å². The monoisotopic (exact) mass is 260 g/mol. The molecule has 0 aliphatic rings. The molecule has 0 aliphatic heterocycles. The molecule has 0 saturated carbocycles. The molecule has 2 aromatic rings. The van der Waals surface area contributed by atoms with Crippen molar-refractivity contribution in [2.75, 3.05) is 11.1 Å². The third-order valence-corrected chi connectivity index (χ3v) is 3.41. The lowest BCUT2D eigenvalue weighted by molar-refractivity contribution is 0.875. The van der Waals surface area contributed by atoms with Crippen LogP contribution in [0.15, 0.2) is 42.5 Å². The summed E-state index contributed by atoms with van der Waals surface area (Å²) in [6.07, 6.45) is 0. The Kier molecular flexibility index (Phi) is 3.78. The van der Waals surface area contributed by atoms with Gasteiger partial charge in [0, 0.05) is 6.04 Å². The molecule has 1 unspecified atom stereocenters. The van der Waals surface area contributed by atoms with E-state index >= 15 is 0 Å². The van der Waals surface area contributed by atoms with Crippen LogP contribution >= 0.6 is 11.6 Å². The van der Waals surface area contributed by atoms with E-state index in [1.54, 1.807) is 6.07 Å². The largest absolute Gasteiger partial charge is 0.396 e. The number of benzene rings is 2. The number of halogens is 1. The summed E-state index contributed by atoms with van der Waals surface area (Å²) in [5, 5.41) is 3.98. The zero-order valence-corrected chi connectivity index (χ0v) is 11.3. The zero-order valence-electron chi connectivity index (χ0n) is 10.6. The molecule has 0 heterocycles. The van der Waals surface area contributed by atoms with Gasteiger partial charge in [-0.25, -0.2) is 0 Å². The Labute approximate surface area is 113 Å². The predicted molar refractivity (Wildman–Crippen MR) is 79.1 cm³/mol. The van der Waals surface area contributed by atoms with Gasteiger partial charge in [0.1, 0.15) is 0 Å². The number of para-hydroxylation sites is 1. The second kappa shape index (κ2) is 5.32. The standard InChI is InChI=1S/C15H17ClN2/c1-10-6-3-4-7-12(10)11(2)18-14-9-5-8-13(16)15(14)17/h3-9,11,18H,17H2,1-2H3. The van der Waals surface area contributed by atoms with Crippen LogP contribution in [0.3, 0.4) is 0 Å². The van der Waals surface area contributed by atoms with Crippen molar-refractivity contribution in [1.29, 1.82) is 0 Å². The third-order valence-electron chi connectivity index (χ3n) is 3.08. The van der Waals surface area contributed by atoms with Crippen LogP contribution in [-0.2, 0) is 0 Å². The molecule has 1 atom stereocenters. The number of nitrogen functional groups attached to an aromatic ring is 1. The molecule has 0 aromatic heterocycles. The summed E-state index contributed by atoms with van der Waals surface area (Å²) in [4.78, 5) is 0. The minimum Gasteiger partial charge on any atom is -0.396 e. The van der Waals surface area contributed by atoms with E-state index in [9.17, 15) is 0 Å². The van der Waals surface area contributed by atoms with Crippen molar-refractivity contribution >= 4 is 23.0 Å². The lowest BCUT2D eigenvalue weighted by atomic mass is 10.0. The summed E-state index contributed by atoms with van der Waals surface area (Å²) >= 11 is 6.01. The summed E-state index contributed by atoms with van der Waals surface area (Å²) in [6, 6.07) is 14.1. The first-order valence-electron chi connectivity index (χ1n) is 5.95. The fourth-order valence-corrected chi connectivity index (χ4v) is 2.22.